The standard InChI is InChI=1S/C8H8N2O/c9-5-1-3-7-4-2-6-10-8(7)11/h2,4,6H,5,9H2,(H,10,11). The summed E-state index contributed by atoms with van der Waals surface area (Å²) in [4.78, 5) is 13.4. The second-order valence-electron chi connectivity index (χ2n) is 1.92. The number of hydrogen-bond donors (Lipinski definition) is 2. The molecule has 0 saturated heterocycles. The van der Waals surface area contributed by atoms with E-state index in [1.165, 1.54) is 0 Å². The van der Waals surface area contributed by atoms with Gasteiger partial charge < -0.3 is 10.7 Å². The quantitative estimate of drug-likeness (QED) is 0.495. The summed E-state index contributed by atoms with van der Waals surface area (Å²) in [5.41, 5.74) is 5.42. The summed E-state index contributed by atoms with van der Waals surface area (Å²) < 4.78 is 0. The van der Waals surface area contributed by atoms with Gasteiger partial charge in [0.05, 0.1) is 12.1 Å². The van der Waals surface area contributed by atoms with E-state index in [0.29, 0.717) is 5.56 Å². The summed E-state index contributed by atoms with van der Waals surface area (Å²) in [6.45, 7) is 0.272. The minimum absolute atomic E-state index is 0.173. The maximum absolute atomic E-state index is 10.9. The van der Waals surface area contributed by atoms with Gasteiger partial charge in [0.25, 0.3) is 5.56 Å². The second-order valence-corrected chi connectivity index (χ2v) is 1.92. The fourth-order valence-corrected chi connectivity index (χ4v) is 0.666. The Morgan fingerprint density at radius 3 is 3.09 bits per heavy atom. The molecular weight excluding hydrogens is 140 g/mol. The van der Waals surface area contributed by atoms with Crippen molar-refractivity contribution >= 4 is 0 Å². The van der Waals surface area contributed by atoms with Crippen LogP contribution in [0.3, 0.4) is 0 Å². The molecule has 0 amide bonds. The predicted molar refractivity (Wildman–Crippen MR) is 43.0 cm³/mol. The van der Waals surface area contributed by atoms with Crippen molar-refractivity contribution < 1.29 is 0 Å². The lowest BCUT2D eigenvalue weighted by atomic mass is 10.3. The Bertz CT molecular complexity index is 343. The van der Waals surface area contributed by atoms with Gasteiger partial charge in [-0.1, -0.05) is 11.8 Å². The van der Waals surface area contributed by atoms with E-state index < -0.39 is 0 Å². The van der Waals surface area contributed by atoms with Gasteiger partial charge in [-0.05, 0) is 12.1 Å². The summed E-state index contributed by atoms with van der Waals surface area (Å²) in [7, 11) is 0. The Balaban J connectivity index is 3.05. The molecule has 0 aliphatic rings. The van der Waals surface area contributed by atoms with Crippen LogP contribution >= 0.6 is 0 Å². The molecular formula is C8H8N2O. The Labute approximate surface area is 64.2 Å². The van der Waals surface area contributed by atoms with E-state index >= 15 is 0 Å². The molecule has 3 nitrogen and oxygen atoms in total. The maximum atomic E-state index is 10.9. The van der Waals surface area contributed by atoms with Crippen LogP contribution in [0.1, 0.15) is 5.56 Å². The lowest BCUT2D eigenvalue weighted by molar-refractivity contribution is 1.22. The number of nitrogens with one attached hydrogen (secondary N) is 1. The number of pyridine rings is 1. The van der Waals surface area contributed by atoms with Crippen LogP contribution in [0.5, 0.6) is 0 Å². The average molecular weight is 148 g/mol. The van der Waals surface area contributed by atoms with Crippen molar-refractivity contribution in [2.75, 3.05) is 6.54 Å². The van der Waals surface area contributed by atoms with Gasteiger partial charge in [-0.25, -0.2) is 0 Å². The molecule has 3 heteroatoms. The number of hydrogen-bond acceptors (Lipinski definition) is 2. The molecule has 0 aliphatic carbocycles. The van der Waals surface area contributed by atoms with E-state index in [1.807, 2.05) is 0 Å². The third-order valence-corrected chi connectivity index (χ3v) is 1.14. The molecule has 3 N–H and O–H groups in total. The average Bonchev–Trinajstić information content (AvgIpc) is 2.03. The van der Waals surface area contributed by atoms with Crippen molar-refractivity contribution in [2.45, 2.75) is 0 Å². The molecule has 0 radical (unpaired) electrons. The molecule has 1 rings (SSSR count). The van der Waals surface area contributed by atoms with Crippen molar-refractivity contribution in [3.05, 3.63) is 34.2 Å². The molecule has 11 heavy (non-hydrogen) atoms. The third-order valence-electron chi connectivity index (χ3n) is 1.14. The van der Waals surface area contributed by atoms with Crippen LogP contribution in [0, 0.1) is 11.8 Å². The fourth-order valence-electron chi connectivity index (χ4n) is 0.666. The van der Waals surface area contributed by atoms with Crippen molar-refractivity contribution in [1.29, 1.82) is 0 Å². The summed E-state index contributed by atoms with van der Waals surface area (Å²) in [6.07, 6.45) is 1.57. The van der Waals surface area contributed by atoms with Crippen LogP contribution in [0.15, 0.2) is 23.1 Å². The van der Waals surface area contributed by atoms with Crippen LogP contribution in [-0.2, 0) is 0 Å². The summed E-state index contributed by atoms with van der Waals surface area (Å²) in [6, 6.07) is 3.38. The first kappa shape index (κ1) is 7.58. The van der Waals surface area contributed by atoms with Gasteiger partial charge in [0, 0.05) is 6.20 Å². The van der Waals surface area contributed by atoms with Gasteiger partial charge in [-0.2, -0.15) is 0 Å². The van der Waals surface area contributed by atoms with Crippen LogP contribution in [0.25, 0.3) is 0 Å². The SMILES string of the molecule is NCC#Cc1ccc[nH]c1=O. The molecule has 1 heterocycles. The van der Waals surface area contributed by atoms with Gasteiger partial charge in [0.2, 0.25) is 0 Å². The first-order valence-corrected chi connectivity index (χ1v) is 3.21. The van der Waals surface area contributed by atoms with E-state index in [9.17, 15) is 4.79 Å². The second kappa shape index (κ2) is 3.59. The highest BCUT2D eigenvalue weighted by atomic mass is 16.1. The summed E-state index contributed by atoms with van der Waals surface area (Å²) >= 11 is 0. The Morgan fingerprint density at radius 1 is 1.64 bits per heavy atom. The van der Waals surface area contributed by atoms with E-state index in [4.69, 9.17) is 5.73 Å². The number of rotatable bonds is 0. The topological polar surface area (TPSA) is 58.9 Å². The normalized spacial score (nSPS) is 8.45. The van der Waals surface area contributed by atoms with Gasteiger partial charge in [-0.3, -0.25) is 4.79 Å². The molecule has 0 atom stereocenters. The molecule has 0 unspecified atom stereocenters. The zero-order valence-corrected chi connectivity index (χ0v) is 5.92. The summed E-state index contributed by atoms with van der Waals surface area (Å²) in [5, 5.41) is 0. The van der Waals surface area contributed by atoms with E-state index in [2.05, 4.69) is 16.8 Å². The van der Waals surface area contributed by atoms with Crippen LogP contribution < -0.4 is 11.3 Å². The van der Waals surface area contributed by atoms with E-state index in [-0.39, 0.29) is 12.1 Å². The third kappa shape index (κ3) is 1.95. The molecule has 56 valence electrons. The lowest BCUT2D eigenvalue weighted by Crippen LogP contribution is -2.08. The van der Waals surface area contributed by atoms with Crippen molar-refractivity contribution in [3.8, 4) is 11.8 Å². The number of aromatic nitrogens is 1. The zero-order chi connectivity index (χ0) is 8.10. The predicted octanol–water partition coefficient (Wildman–Crippen LogP) is -0.315. The van der Waals surface area contributed by atoms with Gasteiger partial charge in [-0.15, -0.1) is 0 Å². The van der Waals surface area contributed by atoms with Crippen molar-refractivity contribution in [3.63, 3.8) is 0 Å². The molecule has 0 aliphatic heterocycles. The Morgan fingerprint density at radius 2 is 2.45 bits per heavy atom. The van der Waals surface area contributed by atoms with Gasteiger partial charge in [0.1, 0.15) is 0 Å². The minimum atomic E-state index is -0.173. The maximum Gasteiger partial charge on any atom is 0.263 e. The highest BCUT2D eigenvalue weighted by Gasteiger charge is 1.89. The smallest absolute Gasteiger partial charge is 0.263 e. The van der Waals surface area contributed by atoms with Crippen LogP contribution in [0.2, 0.25) is 0 Å². The molecule has 0 fully saturated rings. The van der Waals surface area contributed by atoms with Crippen LogP contribution in [-0.4, -0.2) is 11.5 Å². The molecule has 1 aromatic rings. The molecule has 0 saturated carbocycles. The monoisotopic (exact) mass is 148 g/mol. The zero-order valence-electron chi connectivity index (χ0n) is 5.92. The number of aromatic amines is 1. The number of H-pyrrole nitrogens is 1. The van der Waals surface area contributed by atoms with Gasteiger partial charge in [0.15, 0.2) is 0 Å². The lowest BCUT2D eigenvalue weighted by Gasteiger charge is -1.84. The Kier molecular flexibility index (Phi) is 2.47. The van der Waals surface area contributed by atoms with E-state index in [1.54, 1.807) is 18.3 Å². The number of nitrogens with two attached hydrogens (primary N) is 1. The molecule has 1 aromatic heterocycles. The highest BCUT2D eigenvalue weighted by molar-refractivity contribution is 5.31. The Hall–Kier alpha value is -1.53. The first-order chi connectivity index (χ1) is 5.34. The largest absolute Gasteiger partial charge is 0.328 e. The first-order valence-electron chi connectivity index (χ1n) is 3.21. The molecule has 0 bridgehead atoms. The highest BCUT2D eigenvalue weighted by Crippen LogP contribution is 1.83. The fraction of sp³-hybridized carbons (Fsp3) is 0.125. The van der Waals surface area contributed by atoms with Crippen molar-refractivity contribution in [1.82, 2.24) is 4.98 Å². The van der Waals surface area contributed by atoms with Crippen LogP contribution in [0.4, 0.5) is 0 Å². The van der Waals surface area contributed by atoms with Gasteiger partial charge >= 0.3 is 0 Å². The van der Waals surface area contributed by atoms with E-state index in [0.717, 1.165) is 0 Å². The minimum Gasteiger partial charge on any atom is -0.328 e. The molecule has 0 spiro atoms. The molecule has 0 aromatic carbocycles. The summed E-state index contributed by atoms with van der Waals surface area (Å²) in [5.74, 6) is 5.26. The van der Waals surface area contributed by atoms with Crippen molar-refractivity contribution in [2.24, 2.45) is 5.73 Å².